The van der Waals surface area contributed by atoms with Crippen molar-refractivity contribution in [2.24, 2.45) is 4.99 Å². The van der Waals surface area contributed by atoms with Crippen LogP contribution in [0.5, 0.6) is 0 Å². The second-order valence-electron chi connectivity index (χ2n) is 8.54. The quantitative estimate of drug-likeness (QED) is 0.464. The van der Waals surface area contributed by atoms with Gasteiger partial charge in [0, 0.05) is 47.3 Å². The molecule has 0 radical (unpaired) electrons. The number of piperazine rings is 1. The average molecular weight is 532 g/mol. The minimum Gasteiger partial charge on any atom is -0.336 e. The van der Waals surface area contributed by atoms with Crippen molar-refractivity contribution in [2.75, 3.05) is 32.7 Å². The molecule has 1 aliphatic rings. The number of rotatable bonds is 5. The third-order valence-corrected chi connectivity index (χ3v) is 8.07. The number of hydrogen-bond donors (Lipinski definition) is 0. The number of aryl methyl sites for hydroxylation is 1. The van der Waals surface area contributed by atoms with Crippen LogP contribution < -0.4 is 4.80 Å². The molecule has 2 aromatic carbocycles. The smallest absolute Gasteiger partial charge is 0.281 e. The average Bonchev–Trinajstić information content (AvgIpc) is 3.11. The molecule has 9 heteroatoms. The molecular formula is C26H28Cl2N4O2S. The molecule has 184 valence electrons. The third-order valence-electron chi connectivity index (χ3n) is 6.43. The van der Waals surface area contributed by atoms with E-state index in [0.29, 0.717) is 27.5 Å². The lowest BCUT2D eigenvalue weighted by atomic mass is 10.1. The van der Waals surface area contributed by atoms with Crippen LogP contribution in [0.1, 0.15) is 43.8 Å². The number of carbonyl (C=O) groups excluding carboxylic acids is 2. The van der Waals surface area contributed by atoms with Crippen molar-refractivity contribution in [2.45, 2.75) is 27.3 Å². The van der Waals surface area contributed by atoms with Crippen molar-refractivity contribution < 1.29 is 9.59 Å². The zero-order valence-electron chi connectivity index (χ0n) is 20.1. The first-order chi connectivity index (χ1) is 16.8. The maximum atomic E-state index is 13.4. The van der Waals surface area contributed by atoms with E-state index in [0.717, 1.165) is 48.9 Å². The van der Waals surface area contributed by atoms with Gasteiger partial charge < -0.3 is 14.4 Å². The third kappa shape index (κ3) is 5.70. The molecule has 0 unspecified atom stereocenters. The molecule has 4 rings (SSSR count). The molecule has 1 aromatic heterocycles. The van der Waals surface area contributed by atoms with Gasteiger partial charge in [-0.2, -0.15) is 4.99 Å². The summed E-state index contributed by atoms with van der Waals surface area (Å²) in [4.78, 5) is 36.6. The van der Waals surface area contributed by atoms with E-state index in [9.17, 15) is 9.59 Å². The lowest BCUT2D eigenvalue weighted by Crippen LogP contribution is -2.48. The first kappa shape index (κ1) is 25.6. The van der Waals surface area contributed by atoms with Crippen LogP contribution in [0, 0.1) is 13.8 Å². The highest BCUT2D eigenvalue weighted by Crippen LogP contribution is 2.22. The highest BCUT2D eigenvalue weighted by molar-refractivity contribution is 7.09. The molecule has 1 saturated heterocycles. The number of thiazole rings is 1. The summed E-state index contributed by atoms with van der Waals surface area (Å²) in [6, 6.07) is 12.4. The summed E-state index contributed by atoms with van der Waals surface area (Å²) in [5.41, 5.74) is 2.89. The van der Waals surface area contributed by atoms with E-state index < -0.39 is 5.91 Å². The van der Waals surface area contributed by atoms with E-state index in [1.165, 1.54) is 17.4 Å². The standard InChI is InChI=1S/C26H28Cl2N4O2S/c1-4-30-11-13-31(14-12-30)25(34)21-8-6-5-7-19(21)16-32-17(2)18(3)35-26(32)29-24(33)22-10-9-20(27)15-23(22)28/h5-10,15H,4,11-14,16H2,1-3H3. The lowest BCUT2D eigenvalue weighted by Gasteiger charge is -2.34. The van der Waals surface area contributed by atoms with Gasteiger partial charge in [-0.3, -0.25) is 9.59 Å². The first-order valence-corrected chi connectivity index (χ1v) is 13.2. The van der Waals surface area contributed by atoms with Crippen molar-refractivity contribution in [3.63, 3.8) is 0 Å². The summed E-state index contributed by atoms with van der Waals surface area (Å²) in [7, 11) is 0. The maximum absolute atomic E-state index is 13.4. The fourth-order valence-electron chi connectivity index (χ4n) is 4.15. The molecule has 2 amide bonds. The molecule has 35 heavy (non-hydrogen) atoms. The second-order valence-corrected chi connectivity index (χ2v) is 10.6. The Hall–Kier alpha value is -2.45. The molecule has 0 atom stereocenters. The van der Waals surface area contributed by atoms with Gasteiger partial charge in [-0.1, -0.05) is 48.3 Å². The zero-order chi connectivity index (χ0) is 25.1. The normalized spacial score (nSPS) is 15.0. The Balaban J connectivity index is 1.65. The summed E-state index contributed by atoms with van der Waals surface area (Å²) in [6.45, 7) is 10.8. The lowest BCUT2D eigenvalue weighted by molar-refractivity contribution is 0.0642. The van der Waals surface area contributed by atoms with E-state index >= 15 is 0 Å². The Labute approximate surface area is 219 Å². The van der Waals surface area contributed by atoms with Crippen molar-refractivity contribution in [1.82, 2.24) is 14.4 Å². The highest BCUT2D eigenvalue weighted by atomic mass is 35.5. The van der Waals surface area contributed by atoms with Gasteiger partial charge in [0.25, 0.3) is 11.8 Å². The Bertz CT molecular complexity index is 1320. The molecule has 1 fully saturated rings. The molecule has 0 aliphatic carbocycles. The topological polar surface area (TPSA) is 57.9 Å². The molecule has 3 aromatic rings. The van der Waals surface area contributed by atoms with Crippen LogP contribution in [0.15, 0.2) is 47.5 Å². The minimum absolute atomic E-state index is 0.0454. The molecule has 2 heterocycles. The summed E-state index contributed by atoms with van der Waals surface area (Å²) >= 11 is 13.6. The number of carbonyl (C=O) groups is 2. The van der Waals surface area contributed by atoms with Crippen LogP contribution in [-0.4, -0.2) is 58.9 Å². The summed E-state index contributed by atoms with van der Waals surface area (Å²) in [5, 5.41) is 0.726. The SMILES string of the molecule is CCN1CCN(C(=O)c2ccccc2Cn2c(C)c(C)sc2=NC(=O)c2ccc(Cl)cc2Cl)CC1. The summed E-state index contributed by atoms with van der Waals surface area (Å²) in [5.74, 6) is -0.385. The Morgan fingerprint density at radius 1 is 1.00 bits per heavy atom. The molecule has 0 N–H and O–H groups in total. The predicted molar refractivity (Wildman–Crippen MR) is 142 cm³/mol. The number of hydrogen-bond acceptors (Lipinski definition) is 4. The van der Waals surface area contributed by atoms with Gasteiger partial charge in [-0.15, -0.1) is 11.3 Å². The zero-order valence-corrected chi connectivity index (χ0v) is 22.4. The largest absolute Gasteiger partial charge is 0.336 e. The molecule has 0 bridgehead atoms. The van der Waals surface area contributed by atoms with Crippen molar-refractivity contribution in [1.29, 1.82) is 0 Å². The van der Waals surface area contributed by atoms with Crippen LogP contribution in [0.4, 0.5) is 0 Å². The van der Waals surface area contributed by atoms with Gasteiger partial charge in [0.2, 0.25) is 0 Å². The minimum atomic E-state index is -0.431. The summed E-state index contributed by atoms with van der Waals surface area (Å²) < 4.78 is 1.99. The number of amides is 2. The van der Waals surface area contributed by atoms with Crippen molar-refractivity contribution in [3.05, 3.63) is 84.6 Å². The van der Waals surface area contributed by atoms with Gasteiger partial charge in [0.1, 0.15) is 0 Å². The van der Waals surface area contributed by atoms with Crippen molar-refractivity contribution in [3.8, 4) is 0 Å². The van der Waals surface area contributed by atoms with Gasteiger partial charge in [0.05, 0.1) is 17.1 Å². The van der Waals surface area contributed by atoms with Crippen molar-refractivity contribution >= 4 is 46.4 Å². The maximum Gasteiger partial charge on any atom is 0.281 e. The predicted octanol–water partition coefficient (Wildman–Crippen LogP) is 5.04. The van der Waals surface area contributed by atoms with E-state index in [-0.39, 0.29) is 10.9 Å². The van der Waals surface area contributed by atoms with Crippen LogP contribution in [0.25, 0.3) is 0 Å². The van der Waals surface area contributed by atoms with Crippen LogP contribution >= 0.6 is 34.5 Å². The van der Waals surface area contributed by atoms with E-state index in [1.54, 1.807) is 12.1 Å². The van der Waals surface area contributed by atoms with Crippen LogP contribution in [0.3, 0.4) is 0 Å². The summed E-state index contributed by atoms with van der Waals surface area (Å²) in [6.07, 6.45) is 0. The number of halogens is 2. The van der Waals surface area contributed by atoms with Gasteiger partial charge in [0.15, 0.2) is 4.80 Å². The monoisotopic (exact) mass is 530 g/mol. The molecule has 0 saturated carbocycles. The number of likely N-dealkylation sites (N-methyl/N-ethyl adjacent to an activating group) is 1. The second kappa shape index (κ2) is 11.1. The number of benzene rings is 2. The molecule has 6 nitrogen and oxygen atoms in total. The van der Waals surface area contributed by atoms with E-state index in [1.807, 2.05) is 47.6 Å². The Morgan fingerprint density at radius 2 is 1.71 bits per heavy atom. The van der Waals surface area contributed by atoms with Crippen LogP contribution in [0.2, 0.25) is 10.0 Å². The Kier molecular flexibility index (Phi) is 8.12. The van der Waals surface area contributed by atoms with E-state index in [2.05, 4.69) is 16.8 Å². The van der Waals surface area contributed by atoms with Gasteiger partial charge in [-0.05, 0) is 50.2 Å². The Morgan fingerprint density at radius 3 is 2.40 bits per heavy atom. The molecular weight excluding hydrogens is 503 g/mol. The molecule has 0 spiro atoms. The first-order valence-electron chi connectivity index (χ1n) is 11.6. The fraction of sp³-hybridized carbons (Fsp3) is 0.346. The van der Waals surface area contributed by atoms with Gasteiger partial charge >= 0.3 is 0 Å². The fourth-order valence-corrected chi connectivity index (χ4v) is 5.61. The number of nitrogens with zero attached hydrogens (tertiary/aromatic N) is 4. The van der Waals surface area contributed by atoms with Gasteiger partial charge in [-0.25, -0.2) is 0 Å². The molecule has 1 aliphatic heterocycles. The van der Waals surface area contributed by atoms with E-state index in [4.69, 9.17) is 23.2 Å². The number of aromatic nitrogens is 1. The van der Waals surface area contributed by atoms with Crippen LogP contribution in [-0.2, 0) is 6.54 Å². The highest BCUT2D eigenvalue weighted by Gasteiger charge is 2.23.